The molecule has 1 unspecified atom stereocenters. The second kappa shape index (κ2) is 5.85. The highest BCUT2D eigenvalue weighted by molar-refractivity contribution is 7.15. The van der Waals surface area contributed by atoms with Crippen molar-refractivity contribution < 1.29 is 17.9 Å². The molecule has 0 bridgehead atoms. The van der Waals surface area contributed by atoms with Crippen molar-refractivity contribution in [1.29, 1.82) is 0 Å². The zero-order valence-electron chi connectivity index (χ0n) is 11.8. The molecule has 0 spiro atoms. The van der Waals surface area contributed by atoms with E-state index in [1.807, 2.05) is 6.92 Å². The van der Waals surface area contributed by atoms with Crippen LogP contribution in [0.15, 0.2) is 24.3 Å². The number of hydrogen-bond donors (Lipinski definition) is 0. The zero-order valence-corrected chi connectivity index (χ0v) is 12.6. The number of rotatable bonds is 2. The van der Waals surface area contributed by atoms with Crippen LogP contribution in [-0.2, 0) is 10.9 Å². The summed E-state index contributed by atoms with van der Waals surface area (Å²) >= 11 is 1.50. The summed E-state index contributed by atoms with van der Waals surface area (Å²) in [7, 11) is 0. The number of hydrogen-bond acceptors (Lipinski definition) is 5. The fourth-order valence-electron chi connectivity index (χ4n) is 2.33. The molecule has 0 amide bonds. The highest BCUT2D eigenvalue weighted by Gasteiger charge is 2.31. The first kappa shape index (κ1) is 15.2. The molecule has 8 heteroatoms. The number of benzene rings is 1. The van der Waals surface area contributed by atoms with E-state index in [1.54, 1.807) is 0 Å². The molecule has 1 aliphatic rings. The molecule has 1 aliphatic heterocycles. The van der Waals surface area contributed by atoms with Crippen LogP contribution in [0.2, 0.25) is 0 Å². The van der Waals surface area contributed by atoms with Crippen molar-refractivity contribution in [3.63, 3.8) is 0 Å². The molecule has 0 radical (unpaired) electrons. The van der Waals surface area contributed by atoms with E-state index >= 15 is 0 Å². The Balaban J connectivity index is 1.74. The predicted molar refractivity (Wildman–Crippen MR) is 77.0 cm³/mol. The maximum Gasteiger partial charge on any atom is 0.416 e. The molecule has 4 nitrogen and oxygen atoms in total. The average molecular weight is 329 g/mol. The highest BCUT2D eigenvalue weighted by Crippen LogP contribution is 2.32. The smallest absolute Gasteiger partial charge is 0.370 e. The van der Waals surface area contributed by atoms with Gasteiger partial charge in [0.25, 0.3) is 0 Å². The van der Waals surface area contributed by atoms with Gasteiger partial charge in [-0.05, 0) is 24.6 Å². The maximum absolute atomic E-state index is 12.6. The minimum atomic E-state index is -4.32. The van der Waals surface area contributed by atoms with Crippen LogP contribution in [0.5, 0.6) is 0 Å². The van der Waals surface area contributed by atoms with Gasteiger partial charge in [-0.1, -0.05) is 23.5 Å². The summed E-state index contributed by atoms with van der Waals surface area (Å²) in [5.41, 5.74) is 0.0857. The Morgan fingerprint density at radius 2 is 1.95 bits per heavy atom. The van der Waals surface area contributed by atoms with E-state index in [9.17, 15) is 13.2 Å². The lowest BCUT2D eigenvalue weighted by molar-refractivity contribution is -0.137. The fourth-order valence-corrected chi connectivity index (χ4v) is 3.05. The Morgan fingerprint density at radius 1 is 1.23 bits per heavy atom. The Labute approximate surface area is 129 Å². The van der Waals surface area contributed by atoms with Crippen LogP contribution in [-0.4, -0.2) is 29.9 Å². The van der Waals surface area contributed by atoms with E-state index in [-0.39, 0.29) is 6.10 Å². The summed E-state index contributed by atoms with van der Waals surface area (Å²) in [4.78, 5) is 2.05. The van der Waals surface area contributed by atoms with Gasteiger partial charge in [0.2, 0.25) is 5.13 Å². The lowest BCUT2D eigenvalue weighted by Crippen LogP contribution is -2.38. The van der Waals surface area contributed by atoms with Gasteiger partial charge in [-0.15, -0.1) is 10.2 Å². The van der Waals surface area contributed by atoms with E-state index in [4.69, 9.17) is 4.74 Å². The third-order valence-electron chi connectivity index (χ3n) is 3.46. The average Bonchev–Trinajstić information content (AvgIpc) is 2.93. The van der Waals surface area contributed by atoms with Crippen LogP contribution in [0, 0.1) is 6.92 Å². The minimum Gasteiger partial charge on any atom is -0.370 e. The van der Waals surface area contributed by atoms with Gasteiger partial charge in [-0.3, -0.25) is 0 Å². The minimum absolute atomic E-state index is 0.264. The van der Waals surface area contributed by atoms with E-state index in [0.717, 1.165) is 27.8 Å². The van der Waals surface area contributed by atoms with Gasteiger partial charge in [0.05, 0.1) is 18.7 Å². The molecule has 22 heavy (non-hydrogen) atoms. The Bertz CT molecular complexity index is 642. The second-order valence-corrected chi connectivity index (χ2v) is 6.19. The van der Waals surface area contributed by atoms with E-state index in [1.165, 1.54) is 23.5 Å². The molecule has 0 saturated carbocycles. The molecule has 1 aromatic carbocycles. The quantitative estimate of drug-likeness (QED) is 0.846. The fraction of sp³-hybridized carbons (Fsp3) is 0.429. The van der Waals surface area contributed by atoms with Gasteiger partial charge in [-0.2, -0.15) is 13.2 Å². The molecule has 118 valence electrons. The van der Waals surface area contributed by atoms with Crippen LogP contribution in [0.4, 0.5) is 18.3 Å². The molecule has 2 heterocycles. The number of morpholine rings is 1. The van der Waals surface area contributed by atoms with Crippen LogP contribution in [0.1, 0.15) is 22.2 Å². The summed E-state index contributed by atoms with van der Waals surface area (Å²) < 4.78 is 43.5. The summed E-state index contributed by atoms with van der Waals surface area (Å²) in [6, 6.07) is 5.13. The second-order valence-electron chi connectivity index (χ2n) is 5.03. The van der Waals surface area contributed by atoms with Gasteiger partial charge in [0.1, 0.15) is 11.1 Å². The first-order chi connectivity index (χ1) is 10.4. The van der Waals surface area contributed by atoms with Crippen LogP contribution in [0.3, 0.4) is 0 Å². The van der Waals surface area contributed by atoms with Gasteiger partial charge < -0.3 is 9.64 Å². The molecule has 1 fully saturated rings. The summed E-state index contributed by atoms with van der Waals surface area (Å²) in [5.74, 6) is 0. The van der Waals surface area contributed by atoms with E-state index < -0.39 is 11.7 Å². The normalized spacial score (nSPS) is 19.5. The Kier molecular flexibility index (Phi) is 4.05. The third-order valence-corrected chi connectivity index (χ3v) is 4.36. The molecule has 1 atom stereocenters. The lowest BCUT2D eigenvalue weighted by atomic mass is 10.1. The van der Waals surface area contributed by atoms with E-state index in [2.05, 4.69) is 15.1 Å². The van der Waals surface area contributed by atoms with Gasteiger partial charge in [0.15, 0.2) is 0 Å². The third kappa shape index (κ3) is 3.22. The molecule has 1 saturated heterocycles. The standard InChI is InChI=1S/C14H14F3N3OS/c1-9-18-19-13(22-9)20-6-7-21-12(8-20)10-2-4-11(5-3-10)14(15,16)17/h2-5,12H,6-8H2,1H3. The van der Waals surface area contributed by atoms with Crippen LogP contribution >= 0.6 is 11.3 Å². The first-order valence-corrected chi connectivity index (χ1v) is 7.59. The number of aryl methyl sites for hydroxylation is 1. The van der Waals surface area contributed by atoms with Crippen molar-refractivity contribution in [1.82, 2.24) is 10.2 Å². The molecule has 0 N–H and O–H groups in total. The van der Waals surface area contributed by atoms with Crippen molar-refractivity contribution in [3.8, 4) is 0 Å². The molecule has 2 aromatic rings. The number of aromatic nitrogens is 2. The topological polar surface area (TPSA) is 38.2 Å². The molecular formula is C14H14F3N3OS. The van der Waals surface area contributed by atoms with Crippen molar-refractivity contribution in [2.24, 2.45) is 0 Å². The van der Waals surface area contributed by atoms with Crippen LogP contribution in [0.25, 0.3) is 0 Å². The molecular weight excluding hydrogens is 315 g/mol. The number of anilines is 1. The molecule has 1 aromatic heterocycles. The van der Waals surface area contributed by atoms with Crippen molar-refractivity contribution >= 4 is 16.5 Å². The summed E-state index contributed by atoms with van der Waals surface area (Å²) in [6.45, 7) is 3.64. The van der Waals surface area contributed by atoms with Gasteiger partial charge >= 0.3 is 6.18 Å². The SMILES string of the molecule is Cc1nnc(N2CCOC(c3ccc(C(F)(F)F)cc3)C2)s1. The van der Waals surface area contributed by atoms with Crippen molar-refractivity contribution in [3.05, 3.63) is 40.4 Å². The van der Waals surface area contributed by atoms with Crippen molar-refractivity contribution in [2.75, 3.05) is 24.6 Å². The Morgan fingerprint density at radius 3 is 2.55 bits per heavy atom. The van der Waals surface area contributed by atoms with Gasteiger partial charge in [0, 0.05) is 6.54 Å². The predicted octanol–water partition coefficient (Wildman–Crippen LogP) is 3.44. The first-order valence-electron chi connectivity index (χ1n) is 6.77. The number of nitrogens with zero attached hydrogens (tertiary/aromatic N) is 3. The lowest BCUT2D eigenvalue weighted by Gasteiger charge is -2.32. The molecule has 3 rings (SSSR count). The van der Waals surface area contributed by atoms with Crippen molar-refractivity contribution in [2.45, 2.75) is 19.2 Å². The molecule has 0 aliphatic carbocycles. The monoisotopic (exact) mass is 329 g/mol. The number of halogens is 3. The van der Waals surface area contributed by atoms with E-state index in [0.29, 0.717) is 19.7 Å². The summed E-state index contributed by atoms with van der Waals surface area (Å²) in [6.07, 6.45) is -4.58. The highest BCUT2D eigenvalue weighted by atomic mass is 32.1. The maximum atomic E-state index is 12.6. The zero-order chi connectivity index (χ0) is 15.7. The summed E-state index contributed by atoms with van der Waals surface area (Å²) in [5, 5.41) is 9.79. The Hall–Kier alpha value is -1.67. The number of alkyl halides is 3. The largest absolute Gasteiger partial charge is 0.416 e. The van der Waals surface area contributed by atoms with Crippen LogP contribution < -0.4 is 4.90 Å². The number of ether oxygens (including phenoxy) is 1. The van der Waals surface area contributed by atoms with Gasteiger partial charge in [-0.25, -0.2) is 0 Å².